The van der Waals surface area contributed by atoms with Crippen molar-refractivity contribution in [3.8, 4) is 0 Å². The van der Waals surface area contributed by atoms with Crippen LogP contribution in [0.3, 0.4) is 0 Å². The minimum Gasteiger partial charge on any atom is -0.481 e. The van der Waals surface area contributed by atoms with E-state index in [0.717, 1.165) is 24.3 Å². The third kappa shape index (κ3) is 4.79. The van der Waals surface area contributed by atoms with Gasteiger partial charge in [-0.15, -0.1) is 11.8 Å². The SMILES string of the molecule is O=C(O)Cc1ccc(SCCCn2ccnc2)cc1. The molecule has 0 aliphatic heterocycles. The van der Waals surface area contributed by atoms with Gasteiger partial charge in [0.05, 0.1) is 12.7 Å². The maximum absolute atomic E-state index is 10.6. The zero-order valence-electron chi connectivity index (χ0n) is 10.5. The number of aromatic nitrogens is 2. The van der Waals surface area contributed by atoms with Gasteiger partial charge in [-0.25, -0.2) is 4.98 Å². The van der Waals surface area contributed by atoms with Gasteiger partial charge in [0.2, 0.25) is 0 Å². The first-order chi connectivity index (χ1) is 9.24. The number of imidazole rings is 1. The third-order valence-corrected chi connectivity index (χ3v) is 3.77. The predicted octanol–water partition coefficient (Wildman–Crippen LogP) is 2.69. The Kier molecular flexibility index (Phi) is 5.03. The minimum atomic E-state index is -0.791. The molecule has 0 bridgehead atoms. The fourth-order valence-corrected chi connectivity index (χ4v) is 2.57. The van der Waals surface area contributed by atoms with Crippen LogP contribution < -0.4 is 0 Å². The molecule has 4 nitrogen and oxygen atoms in total. The van der Waals surface area contributed by atoms with Crippen molar-refractivity contribution in [2.24, 2.45) is 0 Å². The standard InChI is InChI=1S/C14H16N2O2S/c17-14(18)10-12-2-4-13(5-3-12)19-9-1-7-16-8-6-15-11-16/h2-6,8,11H,1,7,9-10H2,(H,17,18). The second kappa shape index (κ2) is 6.99. The summed E-state index contributed by atoms with van der Waals surface area (Å²) in [5.41, 5.74) is 0.843. The Morgan fingerprint density at radius 2 is 2.11 bits per heavy atom. The molecule has 0 aliphatic rings. The second-order valence-electron chi connectivity index (χ2n) is 4.22. The summed E-state index contributed by atoms with van der Waals surface area (Å²) in [6.07, 6.45) is 6.74. The van der Waals surface area contributed by atoms with Crippen molar-refractivity contribution in [1.82, 2.24) is 9.55 Å². The lowest BCUT2D eigenvalue weighted by atomic mass is 10.2. The molecule has 0 aliphatic carbocycles. The van der Waals surface area contributed by atoms with Crippen LogP contribution in [0.1, 0.15) is 12.0 Å². The first-order valence-corrected chi connectivity index (χ1v) is 7.12. The summed E-state index contributed by atoms with van der Waals surface area (Å²) in [4.78, 5) is 15.7. The van der Waals surface area contributed by atoms with Crippen molar-refractivity contribution in [3.05, 3.63) is 48.5 Å². The van der Waals surface area contributed by atoms with E-state index >= 15 is 0 Å². The molecular weight excluding hydrogens is 260 g/mol. The topological polar surface area (TPSA) is 55.1 Å². The molecule has 0 radical (unpaired) electrons. The van der Waals surface area contributed by atoms with Gasteiger partial charge in [0.25, 0.3) is 0 Å². The van der Waals surface area contributed by atoms with Crippen molar-refractivity contribution in [3.63, 3.8) is 0 Å². The van der Waals surface area contributed by atoms with Crippen LogP contribution in [0.2, 0.25) is 0 Å². The average molecular weight is 276 g/mol. The highest BCUT2D eigenvalue weighted by Crippen LogP contribution is 2.19. The normalized spacial score (nSPS) is 10.5. The molecule has 100 valence electrons. The van der Waals surface area contributed by atoms with E-state index in [4.69, 9.17) is 5.11 Å². The molecule has 1 aromatic heterocycles. The molecule has 5 heteroatoms. The average Bonchev–Trinajstić information content (AvgIpc) is 2.89. The van der Waals surface area contributed by atoms with Crippen LogP contribution in [0.4, 0.5) is 0 Å². The van der Waals surface area contributed by atoms with Gasteiger partial charge in [-0.2, -0.15) is 0 Å². The zero-order chi connectivity index (χ0) is 13.5. The van der Waals surface area contributed by atoms with E-state index in [2.05, 4.69) is 9.55 Å². The van der Waals surface area contributed by atoms with Gasteiger partial charge >= 0.3 is 5.97 Å². The van der Waals surface area contributed by atoms with E-state index in [1.54, 1.807) is 18.0 Å². The highest BCUT2D eigenvalue weighted by atomic mass is 32.2. The molecule has 0 saturated heterocycles. The quantitative estimate of drug-likeness (QED) is 0.624. The number of aryl methyl sites for hydroxylation is 1. The molecule has 1 aromatic carbocycles. The summed E-state index contributed by atoms with van der Waals surface area (Å²) >= 11 is 1.79. The third-order valence-electron chi connectivity index (χ3n) is 2.67. The maximum Gasteiger partial charge on any atom is 0.307 e. The lowest BCUT2D eigenvalue weighted by Crippen LogP contribution is -1.99. The van der Waals surface area contributed by atoms with Gasteiger partial charge in [0.1, 0.15) is 0 Å². The van der Waals surface area contributed by atoms with E-state index in [-0.39, 0.29) is 6.42 Å². The summed E-state index contributed by atoms with van der Waals surface area (Å²) in [6.45, 7) is 0.976. The molecule has 0 amide bonds. The van der Waals surface area contributed by atoms with Crippen molar-refractivity contribution in [2.45, 2.75) is 24.3 Å². The number of thioether (sulfide) groups is 1. The van der Waals surface area contributed by atoms with Crippen molar-refractivity contribution in [1.29, 1.82) is 0 Å². The van der Waals surface area contributed by atoms with Crippen molar-refractivity contribution < 1.29 is 9.90 Å². The first kappa shape index (κ1) is 13.7. The van der Waals surface area contributed by atoms with Crippen LogP contribution in [0, 0.1) is 0 Å². The van der Waals surface area contributed by atoms with Crippen molar-refractivity contribution in [2.75, 3.05) is 5.75 Å². The van der Waals surface area contributed by atoms with Gasteiger partial charge in [-0.1, -0.05) is 12.1 Å². The van der Waals surface area contributed by atoms with Gasteiger partial charge < -0.3 is 9.67 Å². The molecule has 0 unspecified atom stereocenters. The van der Waals surface area contributed by atoms with Crippen LogP contribution >= 0.6 is 11.8 Å². The van der Waals surface area contributed by atoms with E-state index in [1.807, 2.05) is 36.8 Å². The summed E-state index contributed by atoms with van der Waals surface area (Å²) in [7, 11) is 0. The molecule has 0 spiro atoms. The van der Waals surface area contributed by atoms with E-state index in [1.165, 1.54) is 4.90 Å². The number of carboxylic acid groups (broad SMARTS) is 1. The summed E-state index contributed by atoms with van der Waals surface area (Å²) in [5.74, 6) is 0.247. The van der Waals surface area contributed by atoms with Gasteiger partial charge in [-0.3, -0.25) is 4.79 Å². The number of nitrogens with zero attached hydrogens (tertiary/aromatic N) is 2. The van der Waals surface area contributed by atoms with Gasteiger partial charge in [0, 0.05) is 23.8 Å². The summed E-state index contributed by atoms with van der Waals surface area (Å²) < 4.78 is 2.07. The molecule has 19 heavy (non-hydrogen) atoms. The predicted molar refractivity (Wildman–Crippen MR) is 75.3 cm³/mol. The molecule has 2 rings (SSSR count). The van der Waals surface area contributed by atoms with Gasteiger partial charge in [0.15, 0.2) is 0 Å². The van der Waals surface area contributed by atoms with E-state index < -0.39 is 5.97 Å². The fourth-order valence-electron chi connectivity index (χ4n) is 1.73. The number of rotatable bonds is 7. The number of carbonyl (C=O) groups is 1. The lowest BCUT2D eigenvalue weighted by Gasteiger charge is -2.04. The smallest absolute Gasteiger partial charge is 0.307 e. The maximum atomic E-state index is 10.6. The first-order valence-electron chi connectivity index (χ1n) is 6.13. The van der Waals surface area contributed by atoms with Gasteiger partial charge in [-0.05, 0) is 29.9 Å². The van der Waals surface area contributed by atoms with Crippen LogP contribution in [-0.4, -0.2) is 26.4 Å². The lowest BCUT2D eigenvalue weighted by molar-refractivity contribution is -0.136. The Morgan fingerprint density at radius 1 is 1.32 bits per heavy atom. The largest absolute Gasteiger partial charge is 0.481 e. The zero-order valence-corrected chi connectivity index (χ0v) is 11.3. The van der Waals surface area contributed by atoms with Crippen LogP contribution in [-0.2, 0) is 17.8 Å². The number of aliphatic carboxylic acids is 1. The molecule has 2 aromatic rings. The summed E-state index contributed by atoms with van der Waals surface area (Å²) in [5, 5.41) is 8.69. The van der Waals surface area contributed by atoms with Crippen molar-refractivity contribution >= 4 is 17.7 Å². The Bertz CT molecular complexity index is 509. The Hall–Kier alpha value is -1.75. The monoisotopic (exact) mass is 276 g/mol. The Morgan fingerprint density at radius 3 is 2.74 bits per heavy atom. The van der Waals surface area contributed by atoms with Crippen LogP contribution in [0.15, 0.2) is 47.9 Å². The Labute approximate surface area is 116 Å². The van der Waals surface area contributed by atoms with Crippen LogP contribution in [0.5, 0.6) is 0 Å². The van der Waals surface area contributed by atoms with Crippen LogP contribution in [0.25, 0.3) is 0 Å². The highest BCUT2D eigenvalue weighted by molar-refractivity contribution is 7.99. The molecule has 0 atom stereocenters. The number of hydrogen-bond donors (Lipinski definition) is 1. The van der Waals surface area contributed by atoms with E-state index in [9.17, 15) is 4.79 Å². The molecule has 0 saturated carbocycles. The second-order valence-corrected chi connectivity index (χ2v) is 5.39. The number of hydrogen-bond acceptors (Lipinski definition) is 3. The van der Waals surface area contributed by atoms with E-state index in [0.29, 0.717) is 0 Å². The number of benzene rings is 1. The molecule has 1 heterocycles. The fraction of sp³-hybridized carbons (Fsp3) is 0.286. The number of carboxylic acids is 1. The molecule has 0 fully saturated rings. The highest BCUT2D eigenvalue weighted by Gasteiger charge is 2.00. The summed E-state index contributed by atoms with van der Waals surface area (Å²) in [6, 6.07) is 7.74. The molecule has 1 N–H and O–H groups in total. The molecular formula is C14H16N2O2S. The minimum absolute atomic E-state index is 0.0889. The Balaban J connectivity index is 1.72.